The van der Waals surface area contributed by atoms with Crippen molar-refractivity contribution < 1.29 is 24.5 Å². The molecular formula is C17H25ClO5. The standard InChI is InChI=1S/C17H25ClO5/c1-2-22-16(20)17(21,13-19)11-5-3-4-6-12-23-15-9-7-14(18)8-10-15/h7-10,19,21H,2-6,11-13H2,1H3/t17-/m1/s1. The Labute approximate surface area is 142 Å². The van der Waals surface area contributed by atoms with Crippen molar-refractivity contribution >= 4 is 17.6 Å². The monoisotopic (exact) mass is 344 g/mol. The molecule has 2 N–H and O–H groups in total. The second-order valence-corrected chi connectivity index (χ2v) is 5.81. The number of aliphatic hydroxyl groups excluding tert-OH is 1. The SMILES string of the molecule is CCOC(=O)[C@](O)(CO)CCCCCCOc1ccc(Cl)cc1. The number of aliphatic hydroxyl groups is 2. The first kappa shape index (κ1) is 19.7. The van der Waals surface area contributed by atoms with Gasteiger partial charge in [0.25, 0.3) is 0 Å². The van der Waals surface area contributed by atoms with Crippen LogP contribution in [-0.2, 0) is 9.53 Å². The van der Waals surface area contributed by atoms with Crippen LogP contribution in [-0.4, -0.2) is 41.6 Å². The molecule has 5 nitrogen and oxygen atoms in total. The quantitative estimate of drug-likeness (QED) is 0.477. The van der Waals surface area contributed by atoms with E-state index in [1.54, 1.807) is 19.1 Å². The molecule has 0 saturated heterocycles. The fourth-order valence-electron chi connectivity index (χ4n) is 2.11. The zero-order chi connectivity index (χ0) is 17.1. The molecule has 0 unspecified atom stereocenters. The van der Waals surface area contributed by atoms with Gasteiger partial charge in [-0.15, -0.1) is 0 Å². The zero-order valence-electron chi connectivity index (χ0n) is 13.5. The summed E-state index contributed by atoms with van der Waals surface area (Å²) in [5.41, 5.74) is -1.78. The average molecular weight is 345 g/mol. The van der Waals surface area contributed by atoms with E-state index in [1.807, 2.05) is 12.1 Å². The topological polar surface area (TPSA) is 76.0 Å². The summed E-state index contributed by atoms with van der Waals surface area (Å²) < 4.78 is 10.4. The molecule has 0 aromatic heterocycles. The highest BCUT2D eigenvalue weighted by Crippen LogP contribution is 2.18. The summed E-state index contributed by atoms with van der Waals surface area (Å²) in [5, 5.41) is 19.9. The van der Waals surface area contributed by atoms with E-state index < -0.39 is 18.2 Å². The Morgan fingerprint density at radius 1 is 1.17 bits per heavy atom. The summed E-state index contributed by atoms with van der Waals surface area (Å²) in [6.07, 6.45) is 3.46. The molecule has 1 aromatic rings. The Bertz CT molecular complexity index is 463. The van der Waals surface area contributed by atoms with Gasteiger partial charge in [0.05, 0.1) is 19.8 Å². The molecule has 0 aliphatic heterocycles. The lowest BCUT2D eigenvalue weighted by atomic mass is 9.97. The van der Waals surface area contributed by atoms with Gasteiger partial charge < -0.3 is 19.7 Å². The van der Waals surface area contributed by atoms with E-state index in [2.05, 4.69) is 0 Å². The molecule has 1 atom stereocenters. The van der Waals surface area contributed by atoms with Crippen molar-refractivity contribution in [3.05, 3.63) is 29.3 Å². The molecule has 0 radical (unpaired) electrons. The largest absolute Gasteiger partial charge is 0.494 e. The van der Waals surface area contributed by atoms with Gasteiger partial charge in [-0.3, -0.25) is 0 Å². The first-order valence-corrected chi connectivity index (χ1v) is 8.28. The van der Waals surface area contributed by atoms with Gasteiger partial charge in [0.2, 0.25) is 0 Å². The average Bonchev–Trinajstić information content (AvgIpc) is 2.55. The van der Waals surface area contributed by atoms with E-state index in [9.17, 15) is 15.0 Å². The number of ether oxygens (including phenoxy) is 2. The first-order valence-electron chi connectivity index (χ1n) is 7.90. The molecule has 6 heteroatoms. The number of hydrogen-bond acceptors (Lipinski definition) is 5. The lowest BCUT2D eigenvalue weighted by Gasteiger charge is -2.23. The number of hydrogen-bond donors (Lipinski definition) is 2. The number of rotatable bonds is 11. The molecule has 0 saturated carbocycles. The molecule has 0 heterocycles. The van der Waals surface area contributed by atoms with Crippen molar-refractivity contribution in [1.82, 2.24) is 0 Å². The predicted octanol–water partition coefficient (Wildman–Crippen LogP) is 2.96. The van der Waals surface area contributed by atoms with Crippen LogP contribution in [0.5, 0.6) is 5.75 Å². The third-order valence-corrected chi connectivity index (χ3v) is 3.74. The number of benzene rings is 1. The van der Waals surface area contributed by atoms with E-state index in [0.717, 1.165) is 25.0 Å². The maximum absolute atomic E-state index is 11.6. The van der Waals surface area contributed by atoms with Crippen molar-refractivity contribution in [2.75, 3.05) is 19.8 Å². The van der Waals surface area contributed by atoms with Crippen LogP contribution in [0.1, 0.15) is 39.0 Å². The second kappa shape index (κ2) is 10.5. The van der Waals surface area contributed by atoms with Gasteiger partial charge >= 0.3 is 5.97 Å². The predicted molar refractivity (Wildman–Crippen MR) is 88.7 cm³/mol. The molecule has 0 aliphatic carbocycles. The Kier molecular flexibility index (Phi) is 8.99. The van der Waals surface area contributed by atoms with E-state index in [4.69, 9.17) is 21.1 Å². The van der Waals surface area contributed by atoms with E-state index >= 15 is 0 Å². The van der Waals surface area contributed by atoms with E-state index in [0.29, 0.717) is 18.1 Å². The summed E-state index contributed by atoms with van der Waals surface area (Å²) in [5.74, 6) is 0.0277. The third-order valence-electron chi connectivity index (χ3n) is 3.48. The van der Waals surface area contributed by atoms with Crippen molar-refractivity contribution in [1.29, 1.82) is 0 Å². The van der Waals surface area contributed by atoms with Gasteiger partial charge in [-0.05, 0) is 50.5 Å². The minimum atomic E-state index is -1.78. The maximum Gasteiger partial charge on any atom is 0.340 e. The first-order chi connectivity index (χ1) is 11.0. The molecule has 0 amide bonds. The van der Waals surface area contributed by atoms with Crippen LogP contribution in [0.15, 0.2) is 24.3 Å². The Balaban J connectivity index is 2.14. The normalized spacial score (nSPS) is 13.4. The van der Waals surface area contributed by atoms with Crippen LogP contribution in [0.4, 0.5) is 0 Å². The lowest BCUT2D eigenvalue weighted by Crippen LogP contribution is -2.43. The molecule has 0 spiro atoms. The molecule has 0 fully saturated rings. The zero-order valence-corrected chi connectivity index (χ0v) is 14.2. The van der Waals surface area contributed by atoms with Crippen LogP contribution in [0.2, 0.25) is 5.02 Å². The fourth-order valence-corrected chi connectivity index (χ4v) is 2.23. The molecular weight excluding hydrogens is 320 g/mol. The number of halogens is 1. The highest BCUT2D eigenvalue weighted by Gasteiger charge is 2.36. The highest BCUT2D eigenvalue weighted by atomic mass is 35.5. The minimum absolute atomic E-state index is 0.184. The highest BCUT2D eigenvalue weighted by molar-refractivity contribution is 6.30. The van der Waals surface area contributed by atoms with Crippen LogP contribution in [0, 0.1) is 0 Å². The van der Waals surface area contributed by atoms with Gasteiger partial charge in [0, 0.05) is 5.02 Å². The molecule has 0 bridgehead atoms. The van der Waals surface area contributed by atoms with E-state index in [1.165, 1.54) is 0 Å². The van der Waals surface area contributed by atoms with Gasteiger partial charge in [-0.1, -0.05) is 24.4 Å². The third kappa shape index (κ3) is 7.20. The maximum atomic E-state index is 11.6. The minimum Gasteiger partial charge on any atom is -0.494 e. The summed E-state index contributed by atoms with van der Waals surface area (Å²) in [7, 11) is 0. The lowest BCUT2D eigenvalue weighted by molar-refractivity contribution is -0.170. The molecule has 0 aliphatic rings. The van der Waals surface area contributed by atoms with Crippen molar-refractivity contribution in [2.24, 2.45) is 0 Å². The van der Waals surface area contributed by atoms with Crippen molar-refractivity contribution in [2.45, 2.75) is 44.6 Å². The molecule has 1 rings (SSSR count). The fraction of sp³-hybridized carbons (Fsp3) is 0.588. The molecule has 130 valence electrons. The van der Waals surface area contributed by atoms with Gasteiger partial charge in [0.15, 0.2) is 5.60 Å². The van der Waals surface area contributed by atoms with Crippen LogP contribution in [0.3, 0.4) is 0 Å². The Hall–Kier alpha value is -1.30. The molecule has 1 aromatic carbocycles. The summed E-state index contributed by atoms with van der Waals surface area (Å²) in [4.78, 5) is 11.6. The van der Waals surface area contributed by atoms with Crippen LogP contribution in [0.25, 0.3) is 0 Å². The van der Waals surface area contributed by atoms with Gasteiger partial charge in [0.1, 0.15) is 5.75 Å². The second-order valence-electron chi connectivity index (χ2n) is 5.38. The van der Waals surface area contributed by atoms with Gasteiger partial charge in [-0.2, -0.15) is 0 Å². The summed E-state index contributed by atoms with van der Waals surface area (Å²) in [6, 6.07) is 7.20. The Morgan fingerprint density at radius 3 is 2.43 bits per heavy atom. The van der Waals surface area contributed by atoms with Crippen LogP contribution < -0.4 is 4.74 Å². The number of carbonyl (C=O) groups excluding carboxylic acids is 1. The number of carbonyl (C=O) groups is 1. The van der Waals surface area contributed by atoms with Crippen molar-refractivity contribution in [3.63, 3.8) is 0 Å². The van der Waals surface area contributed by atoms with E-state index in [-0.39, 0.29) is 13.0 Å². The van der Waals surface area contributed by atoms with Crippen LogP contribution >= 0.6 is 11.6 Å². The number of esters is 1. The Morgan fingerprint density at radius 2 is 1.83 bits per heavy atom. The molecule has 23 heavy (non-hydrogen) atoms. The van der Waals surface area contributed by atoms with Gasteiger partial charge in [-0.25, -0.2) is 4.79 Å². The summed E-state index contributed by atoms with van der Waals surface area (Å²) in [6.45, 7) is 1.83. The smallest absolute Gasteiger partial charge is 0.340 e. The number of unbranched alkanes of at least 4 members (excludes halogenated alkanes) is 3. The summed E-state index contributed by atoms with van der Waals surface area (Å²) >= 11 is 5.79. The van der Waals surface area contributed by atoms with Crippen molar-refractivity contribution in [3.8, 4) is 5.75 Å².